The van der Waals surface area contributed by atoms with Gasteiger partial charge in [0.1, 0.15) is 0 Å². The molecule has 0 heterocycles. The van der Waals surface area contributed by atoms with Gasteiger partial charge in [-0.15, -0.1) is 0 Å². The molecule has 0 spiro atoms. The number of rotatable bonds is 7. The van der Waals surface area contributed by atoms with E-state index in [1.807, 2.05) is 0 Å². The normalized spacial score (nSPS) is 10.9. The van der Waals surface area contributed by atoms with Crippen LogP contribution in [0.25, 0.3) is 11.1 Å². The monoisotopic (exact) mass is 580 g/mol. The van der Waals surface area contributed by atoms with E-state index in [1.54, 1.807) is 0 Å². The molecular formula is C44H41B. The molecule has 6 rings (SSSR count). The van der Waals surface area contributed by atoms with Crippen LogP contribution in [0.1, 0.15) is 55.6 Å². The molecule has 0 aliphatic rings. The highest BCUT2D eigenvalue weighted by molar-refractivity contribution is 6.96. The van der Waals surface area contributed by atoms with Gasteiger partial charge in [0, 0.05) is 0 Å². The van der Waals surface area contributed by atoms with E-state index in [4.69, 9.17) is 0 Å². The second-order valence-electron chi connectivity index (χ2n) is 12.5. The van der Waals surface area contributed by atoms with Gasteiger partial charge in [-0.25, -0.2) is 0 Å². The van der Waals surface area contributed by atoms with E-state index in [1.165, 1.54) is 83.2 Å². The molecule has 0 radical (unpaired) electrons. The minimum absolute atomic E-state index is 0.145. The quantitative estimate of drug-likeness (QED) is 0.131. The van der Waals surface area contributed by atoms with Gasteiger partial charge in [0.2, 0.25) is 6.71 Å². The molecule has 0 fully saturated rings. The molecule has 0 aliphatic heterocycles. The zero-order valence-corrected chi connectivity index (χ0v) is 27.4. The van der Waals surface area contributed by atoms with Crippen molar-refractivity contribution in [1.82, 2.24) is 0 Å². The van der Waals surface area contributed by atoms with E-state index < -0.39 is 0 Å². The van der Waals surface area contributed by atoms with Crippen molar-refractivity contribution in [2.75, 3.05) is 0 Å². The summed E-state index contributed by atoms with van der Waals surface area (Å²) in [6, 6.07) is 51.2. The maximum absolute atomic E-state index is 2.37. The Morgan fingerprint density at radius 2 is 0.644 bits per heavy atom. The molecule has 6 aromatic carbocycles. The summed E-state index contributed by atoms with van der Waals surface area (Å²) < 4.78 is 0. The molecule has 45 heavy (non-hydrogen) atoms. The lowest BCUT2D eigenvalue weighted by Crippen LogP contribution is -2.55. The second-order valence-corrected chi connectivity index (χ2v) is 12.5. The van der Waals surface area contributed by atoms with Gasteiger partial charge in [0.05, 0.1) is 0 Å². The summed E-state index contributed by atoms with van der Waals surface area (Å²) in [6.45, 7) is 13.6. The van der Waals surface area contributed by atoms with Gasteiger partial charge in [-0.3, -0.25) is 0 Å². The van der Waals surface area contributed by atoms with E-state index in [-0.39, 0.29) is 6.71 Å². The standard InChI is InChI=1S/C44H41B/c1-30-26-32(3)43(33(4)27-30)45(44-34(5)28-31(2)29-35(44)6)40-24-22-39(23-25-40)42(38-20-14-9-15-21-38)41(36-16-10-7-11-17-36)37-18-12-8-13-19-37/h7-29H,1-6H3. The summed E-state index contributed by atoms with van der Waals surface area (Å²) in [5.74, 6) is 0. The Morgan fingerprint density at radius 3 is 0.956 bits per heavy atom. The largest absolute Gasteiger partial charge is 0.242 e. The Hall–Kier alpha value is -4.88. The van der Waals surface area contributed by atoms with Crippen LogP contribution in [0.5, 0.6) is 0 Å². The lowest BCUT2D eigenvalue weighted by Gasteiger charge is -2.25. The lowest BCUT2D eigenvalue weighted by molar-refractivity contribution is 1.34. The van der Waals surface area contributed by atoms with Gasteiger partial charge < -0.3 is 0 Å². The smallest absolute Gasteiger partial charge is 0.0686 e. The fourth-order valence-corrected chi connectivity index (χ4v) is 7.34. The Morgan fingerprint density at radius 1 is 0.356 bits per heavy atom. The van der Waals surface area contributed by atoms with Crippen LogP contribution in [0, 0.1) is 41.5 Å². The molecule has 0 saturated carbocycles. The maximum atomic E-state index is 2.37. The Balaban J connectivity index is 1.60. The van der Waals surface area contributed by atoms with Gasteiger partial charge in [-0.05, 0) is 74.9 Å². The molecule has 0 aliphatic carbocycles. The molecule has 0 bridgehead atoms. The van der Waals surface area contributed by atoms with Gasteiger partial charge in [-0.1, -0.05) is 189 Å². The van der Waals surface area contributed by atoms with Gasteiger partial charge >= 0.3 is 0 Å². The van der Waals surface area contributed by atoms with Crippen LogP contribution in [0.15, 0.2) is 140 Å². The predicted molar refractivity (Wildman–Crippen MR) is 197 cm³/mol. The molecule has 1 heteroatoms. The van der Waals surface area contributed by atoms with Crippen molar-refractivity contribution >= 4 is 34.2 Å². The number of aryl methyl sites for hydroxylation is 6. The summed E-state index contributed by atoms with van der Waals surface area (Å²) in [5, 5.41) is 0. The maximum Gasteiger partial charge on any atom is 0.242 e. The van der Waals surface area contributed by atoms with Crippen LogP contribution in [0.3, 0.4) is 0 Å². The van der Waals surface area contributed by atoms with E-state index in [9.17, 15) is 0 Å². The number of hydrogen-bond donors (Lipinski definition) is 0. The van der Waals surface area contributed by atoms with Gasteiger partial charge in [-0.2, -0.15) is 0 Å². The van der Waals surface area contributed by atoms with E-state index in [2.05, 4.69) is 181 Å². The molecule has 6 aromatic rings. The molecule has 0 nitrogen and oxygen atoms in total. The molecule has 0 atom stereocenters. The fraction of sp³-hybridized carbons (Fsp3) is 0.136. The van der Waals surface area contributed by atoms with Crippen molar-refractivity contribution in [3.63, 3.8) is 0 Å². The number of benzene rings is 6. The summed E-state index contributed by atoms with van der Waals surface area (Å²) in [5.41, 5.74) is 19.5. The van der Waals surface area contributed by atoms with E-state index in [0.717, 1.165) is 0 Å². The zero-order valence-electron chi connectivity index (χ0n) is 27.4. The Kier molecular flexibility index (Phi) is 8.72. The van der Waals surface area contributed by atoms with Crippen molar-refractivity contribution in [3.05, 3.63) is 195 Å². The first-order valence-corrected chi connectivity index (χ1v) is 16.0. The molecule has 0 saturated heterocycles. The highest BCUT2D eigenvalue weighted by Gasteiger charge is 2.28. The molecule has 0 amide bonds. The summed E-state index contributed by atoms with van der Waals surface area (Å²) in [7, 11) is 0. The first-order chi connectivity index (χ1) is 21.8. The second kappa shape index (κ2) is 13.0. The van der Waals surface area contributed by atoms with Crippen LogP contribution in [-0.4, -0.2) is 6.71 Å². The van der Waals surface area contributed by atoms with Gasteiger partial charge in [0.25, 0.3) is 0 Å². The summed E-state index contributed by atoms with van der Waals surface area (Å²) >= 11 is 0. The summed E-state index contributed by atoms with van der Waals surface area (Å²) in [4.78, 5) is 0. The minimum atomic E-state index is 0.145. The van der Waals surface area contributed by atoms with Crippen molar-refractivity contribution < 1.29 is 0 Å². The van der Waals surface area contributed by atoms with Crippen LogP contribution in [0.2, 0.25) is 0 Å². The van der Waals surface area contributed by atoms with Crippen molar-refractivity contribution in [1.29, 1.82) is 0 Å². The highest BCUT2D eigenvalue weighted by Crippen LogP contribution is 2.36. The third-order valence-electron chi connectivity index (χ3n) is 9.02. The third kappa shape index (κ3) is 6.22. The zero-order chi connectivity index (χ0) is 31.5. The van der Waals surface area contributed by atoms with E-state index in [0.29, 0.717) is 0 Å². The molecule has 0 unspecified atom stereocenters. The lowest BCUT2D eigenvalue weighted by atomic mass is 9.34. The third-order valence-corrected chi connectivity index (χ3v) is 9.02. The minimum Gasteiger partial charge on any atom is -0.0686 e. The average molecular weight is 581 g/mol. The first-order valence-electron chi connectivity index (χ1n) is 16.0. The fourth-order valence-electron chi connectivity index (χ4n) is 7.34. The predicted octanol–water partition coefficient (Wildman–Crippen LogP) is 9.06. The van der Waals surface area contributed by atoms with E-state index >= 15 is 0 Å². The summed E-state index contributed by atoms with van der Waals surface area (Å²) in [6.07, 6.45) is 0. The molecule has 0 N–H and O–H groups in total. The van der Waals surface area contributed by atoms with Crippen LogP contribution >= 0.6 is 0 Å². The van der Waals surface area contributed by atoms with Crippen LogP contribution in [0.4, 0.5) is 0 Å². The Labute approximate surface area is 270 Å². The SMILES string of the molecule is Cc1cc(C)c(B(c2ccc(C(=C(c3ccccc3)c3ccccc3)c3ccccc3)cc2)c2c(C)cc(C)cc2C)c(C)c1. The highest BCUT2D eigenvalue weighted by atomic mass is 14.2. The van der Waals surface area contributed by atoms with Gasteiger partial charge in [0.15, 0.2) is 0 Å². The van der Waals surface area contributed by atoms with Crippen LogP contribution in [-0.2, 0) is 0 Å². The van der Waals surface area contributed by atoms with Crippen molar-refractivity contribution in [3.8, 4) is 0 Å². The average Bonchev–Trinajstić information content (AvgIpc) is 3.03. The molecular weight excluding hydrogens is 539 g/mol. The topological polar surface area (TPSA) is 0 Å². The first kappa shape index (κ1) is 30.2. The molecule has 220 valence electrons. The number of hydrogen-bond acceptors (Lipinski definition) is 0. The Bertz CT molecular complexity index is 1820. The van der Waals surface area contributed by atoms with Crippen molar-refractivity contribution in [2.45, 2.75) is 41.5 Å². The van der Waals surface area contributed by atoms with Crippen molar-refractivity contribution in [2.24, 2.45) is 0 Å². The molecule has 0 aromatic heterocycles. The van der Waals surface area contributed by atoms with Crippen LogP contribution < -0.4 is 16.4 Å².